The van der Waals surface area contributed by atoms with E-state index in [1.54, 1.807) is 0 Å². The predicted octanol–water partition coefficient (Wildman–Crippen LogP) is 18.2. The highest BCUT2D eigenvalue weighted by molar-refractivity contribution is 6.54. The molecule has 17 aromatic rings. The van der Waals surface area contributed by atoms with Crippen molar-refractivity contribution >= 4 is 151 Å². The summed E-state index contributed by atoms with van der Waals surface area (Å²) < 4.78 is 0. The standard InChI is InChI=1S/C65H31N/c66-32-33-30-50-37-17-8-10-19-40(37)61-59(50)51(31-33)53(35-14-5-2-6-15-35)63-47-27-23-42-43-24-28-48-57-46(26-22-41(54(43)57)44-25-29-49(65(61)63)58(47)55(42)44)62-52(34-12-3-1-4-13-34)45-21-11-20-38-36-16-7-9-18-39(36)60(56(38)45)64(48)62/h1-31H. The van der Waals surface area contributed by atoms with Crippen LogP contribution in [-0.4, -0.2) is 0 Å². The van der Waals surface area contributed by atoms with Gasteiger partial charge in [-0.15, -0.1) is 0 Å². The van der Waals surface area contributed by atoms with E-state index in [2.05, 4.69) is 194 Å². The van der Waals surface area contributed by atoms with Gasteiger partial charge in [0, 0.05) is 0 Å². The monoisotopic (exact) mass is 825 g/mol. The van der Waals surface area contributed by atoms with E-state index < -0.39 is 0 Å². The van der Waals surface area contributed by atoms with Crippen molar-refractivity contribution in [1.82, 2.24) is 0 Å². The van der Waals surface area contributed by atoms with E-state index in [1.165, 1.54) is 162 Å². The number of benzene rings is 13. The van der Waals surface area contributed by atoms with Crippen LogP contribution < -0.4 is 0 Å². The first kappa shape index (κ1) is 33.7. The van der Waals surface area contributed by atoms with Crippen LogP contribution in [0.25, 0.3) is 173 Å². The molecule has 0 aliphatic heterocycles. The maximum Gasteiger partial charge on any atom is 0.0992 e. The summed E-state index contributed by atoms with van der Waals surface area (Å²) >= 11 is 0. The zero-order valence-electron chi connectivity index (χ0n) is 35.3. The van der Waals surface area contributed by atoms with Crippen LogP contribution in [0.15, 0.2) is 188 Å². The van der Waals surface area contributed by atoms with Gasteiger partial charge in [-0.2, -0.15) is 5.26 Å². The zero-order chi connectivity index (χ0) is 42.7. The molecule has 0 aromatic heterocycles. The van der Waals surface area contributed by atoms with Gasteiger partial charge < -0.3 is 0 Å². The molecule has 0 atom stereocenters. The molecule has 0 saturated carbocycles. The molecule has 17 rings (SSSR count). The summed E-state index contributed by atoms with van der Waals surface area (Å²) in [6, 6.07) is 73.0. The highest BCUT2D eigenvalue weighted by atomic mass is 14.3. The summed E-state index contributed by atoms with van der Waals surface area (Å²) in [4.78, 5) is 0. The van der Waals surface area contributed by atoms with Crippen LogP contribution in [0.3, 0.4) is 0 Å². The number of hydrogen-bond donors (Lipinski definition) is 0. The third-order valence-corrected chi connectivity index (χ3v) is 15.9. The Morgan fingerprint density at radius 2 is 0.515 bits per heavy atom. The van der Waals surface area contributed by atoms with Crippen LogP contribution >= 0.6 is 0 Å². The number of rotatable bonds is 2. The normalized spacial score (nSPS) is 12.8. The largest absolute Gasteiger partial charge is 0.192 e. The topological polar surface area (TPSA) is 23.8 Å². The molecule has 0 saturated heterocycles. The highest BCUT2D eigenvalue weighted by Gasteiger charge is 2.29. The van der Waals surface area contributed by atoms with Crippen LogP contribution in [0.5, 0.6) is 0 Å². The fourth-order valence-corrected chi connectivity index (χ4v) is 13.7. The van der Waals surface area contributed by atoms with E-state index in [9.17, 15) is 5.26 Å². The smallest absolute Gasteiger partial charge is 0.0992 e. The molecule has 0 aliphatic rings. The van der Waals surface area contributed by atoms with Gasteiger partial charge >= 0.3 is 0 Å². The second-order valence-electron chi connectivity index (χ2n) is 18.8. The number of nitrogens with zero attached hydrogens (tertiary/aromatic N) is 1. The molecule has 66 heavy (non-hydrogen) atoms. The van der Waals surface area contributed by atoms with Gasteiger partial charge in [0.2, 0.25) is 0 Å². The van der Waals surface area contributed by atoms with Gasteiger partial charge in [-0.25, -0.2) is 0 Å². The number of fused-ring (bicyclic) bond motifs is 16. The molecule has 1 nitrogen and oxygen atoms in total. The Kier molecular flexibility index (Phi) is 5.85. The fraction of sp³-hybridized carbons (Fsp3) is 0. The van der Waals surface area contributed by atoms with Gasteiger partial charge in [0.15, 0.2) is 0 Å². The molecule has 0 heterocycles. The SMILES string of the molecule is N#Cc1cc2c(-c3ccccc3)c3c4ccc5c6ccc7c8c(ccc(c9ccc(c4c59)c3c3c4ccccc4c(c1)c23)c68)c1c(-c2ccccc2)c2cccc3c4ccccc4c(c23)c71. The number of nitriles is 1. The lowest BCUT2D eigenvalue weighted by molar-refractivity contribution is 1.50. The van der Waals surface area contributed by atoms with Crippen molar-refractivity contribution in [3.63, 3.8) is 0 Å². The Morgan fingerprint density at radius 1 is 0.212 bits per heavy atom. The van der Waals surface area contributed by atoms with Crippen molar-refractivity contribution in [2.24, 2.45) is 0 Å². The van der Waals surface area contributed by atoms with Crippen LogP contribution in [0.4, 0.5) is 0 Å². The molecular weight excluding hydrogens is 795 g/mol. The maximum atomic E-state index is 10.5. The molecule has 0 amide bonds. The second-order valence-corrected chi connectivity index (χ2v) is 18.8. The minimum absolute atomic E-state index is 0.690. The third kappa shape index (κ3) is 3.70. The van der Waals surface area contributed by atoms with Gasteiger partial charge in [-0.1, -0.05) is 176 Å². The van der Waals surface area contributed by atoms with Crippen LogP contribution in [0, 0.1) is 11.3 Å². The molecule has 0 bridgehead atoms. The van der Waals surface area contributed by atoms with Gasteiger partial charge in [0.1, 0.15) is 0 Å². The first-order chi connectivity index (χ1) is 32.8. The highest BCUT2D eigenvalue weighted by Crippen LogP contribution is 2.58. The molecular formula is C65H31N. The predicted molar refractivity (Wildman–Crippen MR) is 283 cm³/mol. The summed E-state index contributed by atoms with van der Waals surface area (Å²) in [6.07, 6.45) is 0. The summed E-state index contributed by atoms with van der Waals surface area (Å²) in [5.74, 6) is 0. The van der Waals surface area contributed by atoms with E-state index in [1.807, 2.05) is 0 Å². The molecule has 0 aliphatic carbocycles. The fourth-order valence-electron chi connectivity index (χ4n) is 13.7. The quantitative estimate of drug-likeness (QED) is 0.126. The van der Waals surface area contributed by atoms with Crippen molar-refractivity contribution in [3.8, 4) is 28.3 Å². The number of hydrogen-bond acceptors (Lipinski definition) is 1. The maximum absolute atomic E-state index is 10.5. The van der Waals surface area contributed by atoms with E-state index in [0.29, 0.717) is 5.56 Å². The van der Waals surface area contributed by atoms with Crippen LogP contribution in [-0.2, 0) is 0 Å². The molecule has 17 aromatic carbocycles. The first-order valence-electron chi connectivity index (χ1n) is 23.0. The molecule has 0 spiro atoms. The Bertz CT molecular complexity index is 5000. The van der Waals surface area contributed by atoms with Crippen molar-refractivity contribution < 1.29 is 0 Å². The molecule has 1 heteroatoms. The average Bonchev–Trinajstić information content (AvgIpc) is 4.11. The summed E-state index contributed by atoms with van der Waals surface area (Å²) in [5, 5.41) is 46.9. The summed E-state index contributed by atoms with van der Waals surface area (Å²) in [7, 11) is 0. The zero-order valence-corrected chi connectivity index (χ0v) is 35.3. The lowest BCUT2D eigenvalue weighted by atomic mass is 9.87. The Labute approximate surface area is 376 Å². The van der Waals surface area contributed by atoms with Crippen molar-refractivity contribution in [3.05, 3.63) is 194 Å². The van der Waals surface area contributed by atoms with Gasteiger partial charge in [-0.05, 0) is 185 Å². The summed E-state index contributed by atoms with van der Waals surface area (Å²) in [6.45, 7) is 0. The van der Waals surface area contributed by atoms with Gasteiger partial charge in [0.05, 0.1) is 11.6 Å². The van der Waals surface area contributed by atoms with Crippen molar-refractivity contribution in [2.75, 3.05) is 0 Å². The first-order valence-corrected chi connectivity index (χ1v) is 23.0. The Balaban J connectivity index is 1.09. The van der Waals surface area contributed by atoms with Crippen molar-refractivity contribution in [2.45, 2.75) is 0 Å². The van der Waals surface area contributed by atoms with E-state index in [4.69, 9.17) is 0 Å². The van der Waals surface area contributed by atoms with E-state index >= 15 is 0 Å². The lowest BCUT2D eigenvalue weighted by Crippen LogP contribution is -1.87. The Hall–Kier alpha value is -8.83. The van der Waals surface area contributed by atoms with E-state index in [0.717, 1.165) is 10.8 Å². The Morgan fingerprint density at radius 3 is 1.03 bits per heavy atom. The molecule has 0 N–H and O–H groups in total. The minimum Gasteiger partial charge on any atom is -0.192 e. The minimum atomic E-state index is 0.690. The van der Waals surface area contributed by atoms with Crippen molar-refractivity contribution in [1.29, 1.82) is 5.26 Å². The van der Waals surface area contributed by atoms with Gasteiger partial charge in [-0.3, -0.25) is 0 Å². The molecule has 296 valence electrons. The summed E-state index contributed by atoms with van der Waals surface area (Å²) in [5.41, 5.74) is 5.64. The van der Waals surface area contributed by atoms with Crippen LogP contribution in [0.2, 0.25) is 0 Å². The van der Waals surface area contributed by atoms with Gasteiger partial charge in [0.25, 0.3) is 0 Å². The average molecular weight is 826 g/mol. The van der Waals surface area contributed by atoms with E-state index in [-0.39, 0.29) is 0 Å². The molecule has 0 radical (unpaired) electrons. The molecule has 0 unspecified atom stereocenters. The lowest BCUT2D eigenvalue weighted by Gasteiger charge is -2.15. The van der Waals surface area contributed by atoms with Crippen LogP contribution in [0.1, 0.15) is 5.56 Å². The molecule has 0 fully saturated rings. The second kappa shape index (κ2) is 11.5. The third-order valence-electron chi connectivity index (χ3n) is 15.9.